The smallest absolute Gasteiger partial charge is 0.0521 e. The monoisotopic (exact) mass is 785 g/mol. The molecule has 0 aromatic heterocycles. The second-order valence-corrected chi connectivity index (χ2v) is 23.1. The zero-order chi connectivity index (χ0) is 7.00. The topological polar surface area (TPSA) is 0 Å². The summed E-state index contributed by atoms with van der Waals surface area (Å²) in [7, 11) is 0. The molecule has 0 atom stereocenters. The Kier molecular flexibility index (Phi) is 7.07. The van der Waals surface area contributed by atoms with Gasteiger partial charge in [0.15, 0.2) is -1.13 Å². The Bertz CT molecular complexity index is 61.5. The lowest BCUT2D eigenvalue weighted by Gasteiger charge is -2.22. The van der Waals surface area contributed by atoms with Crippen molar-refractivity contribution in [3.05, 3.63) is 0 Å². The fraction of sp³-hybridized carbons (Fsp3) is 1.00. The minimum absolute atomic E-state index is 0.307. The quantitative estimate of drug-likeness (QED) is 0.263. The van der Waals surface area contributed by atoms with Crippen LogP contribution in [0.15, 0.2) is 0 Å². The zero-order valence-electron chi connectivity index (χ0n) is 3.27. The van der Waals surface area contributed by atoms with Crippen molar-refractivity contribution in [1.82, 2.24) is 0 Å². The molecule has 0 N–H and O–H groups in total. The zero-order valence-corrected chi connectivity index (χ0v) is 16.2. The normalized spacial score (nSPS) is 14.2. The van der Waals surface area contributed by atoms with Gasteiger partial charge in [-0.05, 0) is 0 Å². The molecule has 0 heterocycles. The third-order valence-electron chi connectivity index (χ3n) is 0.321. The third kappa shape index (κ3) is 5.10. The van der Waals surface area contributed by atoms with Crippen molar-refractivity contribution in [2.45, 2.75) is -1.13 Å². The highest BCUT2D eigenvalue weighted by atomic mass is 127. The van der Waals surface area contributed by atoms with Crippen LogP contribution in [-0.4, -0.2) is -1.13 Å². The molecular formula is C2I6. The summed E-state index contributed by atoms with van der Waals surface area (Å²) in [6, 6.07) is 0. The Morgan fingerprint density at radius 1 is 0.500 bits per heavy atom. The number of rotatable bonds is 1. The first kappa shape index (κ1) is 12.4. The summed E-state index contributed by atoms with van der Waals surface area (Å²) in [6.07, 6.45) is 0. The molecule has 0 fully saturated rings. The lowest BCUT2D eigenvalue weighted by atomic mass is 11.0. The molecule has 0 amide bonds. The molecule has 0 aliphatic rings. The van der Waals surface area contributed by atoms with Gasteiger partial charge < -0.3 is 0 Å². The van der Waals surface area contributed by atoms with Crippen LogP contribution in [0.4, 0.5) is 0 Å². The molecule has 0 spiro atoms. The third-order valence-corrected chi connectivity index (χ3v) is 14.5. The van der Waals surface area contributed by atoms with E-state index in [1.54, 1.807) is 0 Å². The van der Waals surface area contributed by atoms with Crippen molar-refractivity contribution in [1.29, 1.82) is 0 Å². The van der Waals surface area contributed by atoms with E-state index in [0.717, 1.165) is 0 Å². The molecule has 0 saturated carbocycles. The summed E-state index contributed by atoms with van der Waals surface area (Å²) < 4.78 is 0.615. The first-order valence-electron chi connectivity index (χ1n) is 1.38. The molecule has 0 radical (unpaired) electrons. The average Bonchev–Trinajstić information content (AvgIpc) is 1.25. The van der Waals surface area contributed by atoms with Gasteiger partial charge in [-0.3, -0.25) is 0 Å². The van der Waals surface area contributed by atoms with Crippen LogP contribution in [0, 0.1) is 0 Å². The average molecular weight is 785 g/mol. The SMILES string of the molecule is IC(I)(I)C(I)(I)I. The Balaban J connectivity index is 4.02. The maximum Gasteiger partial charge on any atom is 0.156 e. The van der Waals surface area contributed by atoms with Gasteiger partial charge in [0.25, 0.3) is 0 Å². The predicted molar refractivity (Wildman–Crippen MR) is 89.6 cm³/mol. The van der Waals surface area contributed by atoms with E-state index in [2.05, 4.69) is 136 Å². The van der Waals surface area contributed by atoms with Crippen molar-refractivity contribution in [3.63, 3.8) is 0 Å². The largest absolute Gasteiger partial charge is 0.156 e. The molecule has 0 nitrogen and oxygen atoms in total. The van der Waals surface area contributed by atoms with Crippen LogP contribution in [0.2, 0.25) is 0 Å². The molecule has 0 aromatic rings. The summed E-state index contributed by atoms with van der Waals surface area (Å²) in [5.41, 5.74) is 0. The summed E-state index contributed by atoms with van der Waals surface area (Å²) >= 11 is 14.6. The first-order chi connectivity index (χ1) is 3.25. The van der Waals surface area contributed by atoms with Crippen molar-refractivity contribution in [2.24, 2.45) is 0 Å². The molecule has 6 heteroatoms. The van der Waals surface area contributed by atoms with E-state index in [4.69, 9.17) is 0 Å². The molecule has 0 aromatic carbocycles. The van der Waals surface area contributed by atoms with E-state index in [0.29, 0.717) is -1.13 Å². The minimum atomic E-state index is 0.307. The van der Waals surface area contributed by atoms with Gasteiger partial charge in [-0.25, -0.2) is 0 Å². The maximum atomic E-state index is 2.43. The molecular weight excluding hydrogens is 785 g/mol. The van der Waals surface area contributed by atoms with Crippen molar-refractivity contribution in [2.75, 3.05) is 0 Å². The molecule has 0 rings (SSSR count). The van der Waals surface area contributed by atoms with Gasteiger partial charge in [-0.1, -0.05) is 136 Å². The highest BCUT2D eigenvalue weighted by Gasteiger charge is 2.39. The van der Waals surface area contributed by atoms with E-state index in [1.165, 1.54) is 0 Å². The second-order valence-electron chi connectivity index (χ2n) is 0.996. The maximum absolute atomic E-state index is 2.43. The number of halogens is 6. The van der Waals surface area contributed by atoms with Gasteiger partial charge in [0.2, 0.25) is 0 Å². The fourth-order valence-corrected chi connectivity index (χ4v) is 0. The van der Waals surface area contributed by atoms with E-state index in [1.807, 2.05) is 0 Å². The van der Waals surface area contributed by atoms with Crippen molar-refractivity contribution in [3.8, 4) is 0 Å². The molecule has 50 valence electrons. The van der Waals surface area contributed by atoms with Crippen LogP contribution in [0.25, 0.3) is 0 Å². The van der Waals surface area contributed by atoms with Gasteiger partial charge in [0, 0.05) is 0 Å². The lowest BCUT2D eigenvalue weighted by Crippen LogP contribution is -2.18. The van der Waals surface area contributed by atoms with Crippen LogP contribution in [0.5, 0.6) is 0 Å². The minimum Gasteiger partial charge on any atom is -0.0521 e. The Hall–Kier alpha value is 4.38. The predicted octanol–water partition coefficient (Wildman–Crippen LogP) is 4.90. The summed E-state index contributed by atoms with van der Waals surface area (Å²) in [5, 5.41) is 0. The fourth-order valence-electron chi connectivity index (χ4n) is 0. The summed E-state index contributed by atoms with van der Waals surface area (Å²) in [4.78, 5) is 0. The van der Waals surface area contributed by atoms with Crippen LogP contribution in [0.3, 0.4) is 0 Å². The van der Waals surface area contributed by atoms with E-state index in [-0.39, 0.29) is 0 Å². The van der Waals surface area contributed by atoms with Crippen molar-refractivity contribution >= 4 is 136 Å². The highest BCUT2D eigenvalue weighted by molar-refractivity contribution is 14.3. The Morgan fingerprint density at radius 3 is 0.625 bits per heavy atom. The highest BCUT2D eigenvalue weighted by Crippen LogP contribution is 2.58. The van der Waals surface area contributed by atoms with Crippen LogP contribution in [0.1, 0.15) is 0 Å². The Labute approximate surface area is 131 Å². The molecule has 0 aliphatic heterocycles. The summed E-state index contributed by atoms with van der Waals surface area (Å²) in [6.45, 7) is 0. The molecule has 0 saturated heterocycles. The number of hydrogen-bond donors (Lipinski definition) is 0. The first-order valence-corrected chi connectivity index (χ1v) is 7.86. The lowest BCUT2D eigenvalue weighted by molar-refractivity contribution is 1.49. The molecule has 0 bridgehead atoms. The van der Waals surface area contributed by atoms with Gasteiger partial charge in [0.1, 0.15) is 0 Å². The van der Waals surface area contributed by atoms with Crippen molar-refractivity contribution < 1.29 is 0 Å². The van der Waals surface area contributed by atoms with Gasteiger partial charge in [-0.15, -0.1) is 0 Å². The van der Waals surface area contributed by atoms with Crippen LogP contribution in [-0.2, 0) is 0 Å². The number of alkyl halides is 6. The standard InChI is InChI=1S/C2I6/c3-1(4,5)2(6,7)8. The van der Waals surface area contributed by atoms with Gasteiger partial charge >= 0.3 is 0 Å². The number of hydrogen-bond acceptors (Lipinski definition) is 0. The van der Waals surface area contributed by atoms with E-state index >= 15 is 0 Å². The summed E-state index contributed by atoms with van der Waals surface area (Å²) in [5.74, 6) is 0. The van der Waals surface area contributed by atoms with Gasteiger partial charge in [-0.2, -0.15) is 0 Å². The molecule has 0 unspecified atom stereocenters. The molecule has 8 heavy (non-hydrogen) atoms. The molecule has 0 aliphatic carbocycles. The van der Waals surface area contributed by atoms with E-state index < -0.39 is 0 Å². The van der Waals surface area contributed by atoms with Gasteiger partial charge in [0.05, 0.1) is 0 Å². The van der Waals surface area contributed by atoms with Crippen LogP contribution < -0.4 is 0 Å². The van der Waals surface area contributed by atoms with Crippen LogP contribution >= 0.6 is 136 Å². The van der Waals surface area contributed by atoms with E-state index in [9.17, 15) is 0 Å². The Morgan fingerprint density at radius 2 is 0.625 bits per heavy atom. The second kappa shape index (κ2) is 4.57.